The van der Waals surface area contributed by atoms with Crippen molar-refractivity contribution in [1.29, 1.82) is 0 Å². The topological polar surface area (TPSA) is 55.5 Å². The van der Waals surface area contributed by atoms with Crippen LogP contribution in [0.15, 0.2) is 18.2 Å². The Labute approximate surface area is 108 Å². The zero-order chi connectivity index (χ0) is 13.5. The Morgan fingerprint density at radius 1 is 1.44 bits per heavy atom. The van der Waals surface area contributed by atoms with Gasteiger partial charge >= 0.3 is 0 Å². The Bertz CT molecular complexity index is 371. The normalized spacial score (nSPS) is 14.3. The highest BCUT2D eigenvalue weighted by molar-refractivity contribution is 5.36. The predicted octanol–water partition coefficient (Wildman–Crippen LogP) is 2.43. The molecule has 0 radical (unpaired) electrons. The molecule has 0 aliphatic carbocycles. The van der Waals surface area contributed by atoms with Crippen LogP contribution in [0.2, 0.25) is 0 Å². The summed E-state index contributed by atoms with van der Waals surface area (Å²) in [6, 6.07) is 4.51. The molecule has 18 heavy (non-hydrogen) atoms. The first kappa shape index (κ1) is 14.9. The third-order valence-corrected chi connectivity index (χ3v) is 2.86. The summed E-state index contributed by atoms with van der Waals surface area (Å²) in [6.45, 7) is 4.77. The molecule has 0 spiro atoms. The van der Waals surface area contributed by atoms with Crippen molar-refractivity contribution >= 4 is 0 Å². The molecular weight excluding hydrogens is 233 g/mol. The Morgan fingerprint density at radius 3 is 2.78 bits per heavy atom. The minimum Gasteiger partial charge on any atom is -0.493 e. The van der Waals surface area contributed by atoms with Crippen molar-refractivity contribution in [3.63, 3.8) is 0 Å². The van der Waals surface area contributed by atoms with Crippen molar-refractivity contribution < 1.29 is 14.2 Å². The Morgan fingerprint density at radius 2 is 2.17 bits per heavy atom. The molecule has 0 saturated carbocycles. The van der Waals surface area contributed by atoms with Crippen LogP contribution in [0.25, 0.3) is 0 Å². The van der Waals surface area contributed by atoms with Crippen molar-refractivity contribution in [1.82, 2.24) is 0 Å². The fourth-order valence-corrected chi connectivity index (χ4v) is 1.88. The lowest BCUT2D eigenvalue weighted by atomic mass is 9.94. The van der Waals surface area contributed by atoms with Gasteiger partial charge in [-0.15, -0.1) is 0 Å². The molecule has 4 heteroatoms. The second-order valence-electron chi connectivity index (χ2n) is 4.56. The van der Waals surface area contributed by atoms with Crippen molar-refractivity contribution in [2.45, 2.75) is 38.7 Å². The number of ether oxygens (including phenoxy) is 1. The van der Waals surface area contributed by atoms with Crippen molar-refractivity contribution in [3.05, 3.63) is 29.6 Å². The zero-order valence-electron chi connectivity index (χ0n) is 11.0. The Hall–Kier alpha value is -1.13. The maximum Gasteiger partial charge on any atom is 0.123 e. The molecule has 0 aliphatic heterocycles. The smallest absolute Gasteiger partial charge is 0.123 e. The predicted molar refractivity (Wildman–Crippen MR) is 70.3 cm³/mol. The second-order valence-corrected chi connectivity index (χ2v) is 4.56. The standard InChI is InChI=1S/C14H22FNO2/c1-3-6-18-14-5-4-11(15)8-13(14)10(2)7-12(17)9-16/h4-5,8,10,12,17H,3,6-7,9,16H2,1-2H3. The van der Waals surface area contributed by atoms with Crippen molar-refractivity contribution in [2.75, 3.05) is 13.2 Å². The van der Waals surface area contributed by atoms with Crippen LogP contribution >= 0.6 is 0 Å². The van der Waals surface area contributed by atoms with Gasteiger partial charge in [0, 0.05) is 6.54 Å². The van der Waals surface area contributed by atoms with E-state index < -0.39 is 6.10 Å². The van der Waals surface area contributed by atoms with Gasteiger partial charge in [0.05, 0.1) is 12.7 Å². The average Bonchev–Trinajstić information content (AvgIpc) is 2.36. The summed E-state index contributed by atoms with van der Waals surface area (Å²) in [4.78, 5) is 0. The first-order valence-corrected chi connectivity index (χ1v) is 6.38. The highest BCUT2D eigenvalue weighted by Crippen LogP contribution is 2.30. The lowest BCUT2D eigenvalue weighted by Crippen LogP contribution is -2.21. The number of nitrogens with two attached hydrogens (primary N) is 1. The summed E-state index contributed by atoms with van der Waals surface area (Å²) in [5.41, 5.74) is 6.18. The van der Waals surface area contributed by atoms with Gasteiger partial charge in [-0.3, -0.25) is 0 Å². The van der Waals surface area contributed by atoms with Gasteiger partial charge in [-0.05, 0) is 42.5 Å². The van der Waals surface area contributed by atoms with Crippen LogP contribution in [-0.4, -0.2) is 24.4 Å². The summed E-state index contributed by atoms with van der Waals surface area (Å²) in [7, 11) is 0. The van der Waals surface area contributed by atoms with E-state index in [0.717, 1.165) is 12.0 Å². The van der Waals surface area contributed by atoms with Gasteiger partial charge in [0.25, 0.3) is 0 Å². The molecule has 2 unspecified atom stereocenters. The number of hydrogen-bond donors (Lipinski definition) is 2. The monoisotopic (exact) mass is 255 g/mol. The van der Waals surface area contributed by atoms with Crippen LogP contribution in [0, 0.1) is 5.82 Å². The highest BCUT2D eigenvalue weighted by Gasteiger charge is 2.16. The van der Waals surface area contributed by atoms with E-state index in [1.54, 1.807) is 6.07 Å². The fourth-order valence-electron chi connectivity index (χ4n) is 1.88. The molecule has 0 aliphatic rings. The molecule has 0 amide bonds. The van der Waals surface area contributed by atoms with Crippen LogP contribution in [-0.2, 0) is 0 Å². The van der Waals surface area contributed by atoms with Crippen LogP contribution in [0.5, 0.6) is 5.75 Å². The lowest BCUT2D eigenvalue weighted by Gasteiger charge is -2.19. The first-order valence-electron chi connectivity index (χ1n) is 6.38. The van der Waals surface area contributed by atoms with Gasteiger partial charge < -0.3 is 15.6 Å². The number of rotatable bonds is 7. The average molecular weight is 255 g/mol. The van der Waals surface area contributed by atoms with E-state index in [2.05, 4.69) is 0 Å². The van der Waals surface area contributed by atoms with Gasteiger partial charge in [0.2, 0.25) is 0 Å². The molecule has 0 aromatic heterocycles. The Kier molecular flexibility index (Phi) is 6.09. The molecule has 102 valence electrons. The third-order valence-electron chi connectivity index (χ3n) is 2.86. The van der Waals surface area contributed by atoms with Gasteiger partial charge in [-0.1, -0.05) is 13.8 Å². The molecule has 3 nitrogen and oxygen atoms in total. The van der Waals surface area contributed by atoms with E-state index in [1.165, 1.54) is 12.1 Å². The number of benzene rings is 1. The number of aliphatic hydroxyl groups is 1. The second kappa shape index (κ2) is 7.34. The molecule has 0 bridgehead atoms. The third kappa shape index (κ3) is 4.27. The van der Waals surface area contributed by atoms with Gasteiger partial charge in [0.15, 0.2) is 0 Å². The van der Waals surface area contributed by atoms with E-state index in [1.807, 2.05) is 13.8 Å². The molecule has 2 atom stereocenters. The lowest BCUT2D eigenvalue weighted by molar-refractivity contribution is 0.164. The van der Waals surface area contributed by atoms with Crippen molar-refractivity contribution in [2.24, 2.45) is 5.73 Å². The molecule has 1 rings (SSSR count). The highest BCUT2D eigenvalue weighted by atomic mass is 19.1. The number of halogens is 1. The molecule has 1 aromatic rings. The number of aliphatic hydroxyl groups excluding tert-OH is 1. The van der Waals surface area contributed by atoms with Crippen LogP contribution < -0.4 is 10.5 Å². The van der Waals surface area contributed by atoms with Crippen LogP contribution in [0.1, 0.15) is 38.2 Å². The van der Waals surface area contributed by atoms with E-state index in [9.17, 15) is 9.50 Å². The molecule has 1 aromatic carbocycles. The number of hydrogen-bond acceptors (Lipinski definition) is 3. The van der Waals surface area contributed by atoms with Crippen LogP contribution in [0.4, 0.5) is 4.39 Å². The molecule has 0 heterocycles. The summed E-state index contributed by atoms with van der Waals surface area (Å²) in [5.74, 6) is 0.406. The summed E-state index contributed by atoms with van der Waals surface area (Å²) in [6.07, 6.45) is 0.835. The summed E-state index contributed by atoms with van der Waals surface area (Å²) in [5, 5.41) is 9.57. The quantitative estimate of drug-likeness (QED) is 0.786. The van der Waals surface area contributed by atoms with E-state index >= 15 is 0 Å². The summed E-state index contributed by atoms with van der Waals surface area (Å²) < 4.78 is 18.9. The fraction of sp³-hybridized carbons (Fsp3) is 0.571. The van der Waals surface area contributed by atoms with Gasteiger partial charge in [-0.2, -0.15) is 0 Å². The maximum atomic E-state index is 13.3. The van der Waals surface area contributed by atoms with Crippen molar-refractivity contribution in [3.8, 4) is 5.75 Å². The first-order chi connectivity index (χ1) is 8.58. The Balaban J connectivity index is 2.86. The van der Waals surface area contributed by atoms with E-state index in [0.29, 0.717) is 18.8 Å². The minimum atomic E-state index is -0.567. The molecule has 0 saturated heterocycles. The minimum absolute atomic E-state index is 0.00565. The molecule has 3 N–H and O–H groups in total. The van der Waals surface area contributed by atoms with E-state index in [4.69, 9.17) is 10.5 Å². The van der Waals surface area contributed by atoms with Crippen LogP contribution in [0.3, 0.4) is 0 Å². The largest absolute Gasteiger partial charge is 0.493 e. The SMILES string of the molecule is CCCOc1ccc(F)cc1C(C)CC(O)CN. The van der Waals surface area contributed by atoms with Gasteiger partial charge in [0.1, 0.15) is 11.6 Å². The molecule has 0 fully saturated rings. The van der Waals surface area contributed by atoms with E-state index in [-0.39, 0.29) is 18.3 Å². The summed E-state index contributed by atoms with van der Waals surface area (Å²) >= 11 is 0. The van der Waals surface area contributed by atoms with Gasteiger partial charge in [-0.25, -0.2) is 4.39 Å². The maximum absolute atomic E-state index is 13.3. The zero-order valence-corrected chi connectivity index (χ0v) is 11.0. The molecular formula is C14H22FNO2.